The zero-order valence-corrected chi connectivity index (χ0v) is 17.5. The normalized spacial score (nSPS) is 18.1. The average Bonchev–Trinajstić information content (AvgIpc) is 3.44. The van der Waals surface area contributed by atoms with Gasteiger partial charge in [-0.1, -0.05) is 54.3 Å². The van der Waals surface area contributed by atoms with Crippen molar-refractivity contribution in [2.75, 3.05) is 6.54 Å². The van der Waals surface area contributed by atoms with E-state index in [0.717, 1.165) is 0 Å². The summed E-state index contributed by atoms with van der Waals surface area (Å²) >= 11 is 0. The van der Waals surface area contributed by atoms with Crippen LogP contribution in [0.1, 0.15) is 49.5 Å². The Morgan fingerprint density at radius 3 is 1.94 bits per heavy atom. The third-order valence-electron chi connectivity index (χ3n) is 6.04. The molecule has 6 nitrogen and oxygen atoms in total. The molecule has 2 aromatic rings. The van der Waals surface area contributed by atoms with Gasteiger partial charge in [0.25, 0.3) is 0 Å². The first-order valence-corrected chi connectivity index (χ1v) is 10.6. The van der Waals surface area contributed by atoms with Crippen molar-refractivity contribution in [1.82, 2.24) is 4.90 Å². The second-order valence-electron chi connectivity index (χ2n) is 7.98. The fourth-order valence-electron chi connectivity index (χ4n) is 4.34. The molecule has 0 atom stereocenters. The smallest absolute Gasteiger partial charge is 0.227 e. The average molecular weight is 436 g/mol. The van der Waals surface area contributed by atoms with Crippen LogP contribution in [-0.2, 0) is 4.79 Å². The molecule has 0 saturated carbocycles. The van der Waals surface area contributed by atoms with Gasteiger partial charge in [0.2, 0.25) is 5.91 Å². The van der Waals surface area contributed by atoms with Crippen molar-refractivity contribution in [2.24, 2.45) is 0 Å². The van der Waals surface area contributed by atoms with E-state index in [-0.39, 0.29) is 40.2 Å². The number of amides is 1. The number of benzene rings is 2. The Morgan fingerprint density at radius 2 is 1.39 bits per heavy atom. The van der Waals surface area contributed by atoms with Crippen molar-refractivity contribution in [3.63, 3.8) is 0 Å². The van der Waals surface area contributed by atoms with Gasteiger partial charge in [-0.2, -0.15) is 0 Å². The molecule has 6 heteroatoms. The number of likely N-dealkylation sites (tertiary alicyclic amines) is 1. The lowest BCUT2D eigenvalue weighted by Crippen LogP contribution is -2.23. The van der Waals surface area contributed by atoms with Crippen LogP contribution in [0, 0.1) is 0 Å². The number of hydrogen-bond acceptors (Lipinski definition) is 5. The molecule has 2 aliphatic carbocycles. The van der Waals surface area contributed by atoms with Crippen molar-refractivity contribution in [2.45, 2.75) is 12.8 Å². The summed E-state index contributed by atoms with van der Waals surface area (Å²) < 4.78 is 0. The van der Waals surface area contributed by atoms with Crippen LogP contribution in [0.25, 0.3) is 5.76 Å². The number of hydrogen-bond donors (Lipinski definition) is 0. The third kappa shape index (κ3) is 3.36. The highest BCUT2D eigenvalue weighted by Crippen LogP contribution is 2.31. The molecule has 0 N–H and O–H groups in total. The van der Waals surface area contributed by atoms with Crippen LogP contribution < -0.4 is 5.11 Å². The van der Waals surface area contributed by atoms with Gasteiger partial charge < -0.3 is 10.0 Å². The van der Waals surface area contributed by atoms with E-state index in [2.05, 4.69) is 0 Å². The largest absolute Gasteiger partial charge is 0.872 e. The predicted molar refractivity (Wildman–Crippen MR) is 119 cm³/mol. The predicted octanol–water partition coefficient (Wildman–Crippen LogP) is 3.02. The first-order valence-electron chi connectivity index (χ1n) is 10.6. The molecule has 2 aromatic carbocycles. The lowest BCUT2D eigenvalue weighted by atomic mass is 10.1. The van der Waals surface area contributed by atoms with E-state index in [0.29, 0.717) is 47.3 Å². The van der Waals surface area contributed by atoms with E-state index in [4.69, 9.17) is 0 Å². The summed E-state index contributed by atoms with van der Waals surface area (Å²) in [6.07, 6.45) is 6.92. The van der Waals surface area contributed by atoms with Crippen LogP contribution in [0.5, 0.6) is 0 Å². The minimum absolute atomic E-state index is 0.0156. The molecule has 1 saturated heterocycles. The van der Waals surface area contributed by atoms with Crippen LogP contribution in [0.15, 0.2) is 89.7 Å². The fraction of sp³-hybridized carbons (Fsp3) is 0.111. The quantitative estimate of drug-likeness (QED) is 0.417. The second kappa shape index (κ2) is 7.98. The van der Waals surface area contributed by atoms with Crippen molar-refractivity contribution in [3.8, 4) is 0 Å². The number of nitrogens with zero attached hydrogens (tertiary/aromatic N) is 1. The van der Waals surface area contributed by atoms with Crippen molar-refractivity contribution < 1.29 is 24.3 Å². The molecule has 0 unspecified atom stereocenters. The van der Waals surface area contributed by atoms with Gasteiger partial charge in [0.05, 0.1) is 5.57 Å². The Morgan fingerprint density at radius 1 is 0.818 bits per heavy atom. The molecule has 0 bridgehead atoms. The van der Waals surface area contributed by atoms with Crippen LogP contribution in [-0.4, -0.2) is 34.7 Å². The topological polar surface area (TPSA) is 94.6 Å². The SMILES string of the molecule is O=C1C(=C/C=C(/C=C/C2=C([O-])c3ccccc3C2=O)N2CCCC2=O)C(=O)c2ccccc21. The minimum Gasteiger partial charge on any atom is -0.872 e. The number of allylic oxidation sites excluding steroid dienone is 6. The Labute approximate surface area is 189 Å². The number of carbonyl (C=O) groups excluding carboxylic acids is 4. The number of rotatable bonds is 4. The van der Waals surface area contributed by atoms with E-state index in [9.17, 15) is 24.3 Å². The molecule has 1 fully saturated rings. The molecule has 0 radical (unpaired) electrons. The Balaban J connectivity index is 1.52. The lowest BCUT2D eigenvalue weighted by Gasteiger charge is -2.17. The van der Waals surface area contributed by atoms with Gasteiger partial charge in [-0.25, -0.2) is 0 Å². The summed E-state index contributed by atoms with van der Waals surface area (Å²) in [6.45, 7) is 0.470. The van der Waals surface area contributed by atoms with Crippen molar-refractivity contribution in [3.05, 3.63) is 112 Å². The lowest BCUT2D eigenvalue weighted by molar-refractivity contribution is -0.244. The molecule has 0 spiro atoms. The summed E-state index contributed by atoms with van der Waals surface area (Å²) in [5.41, 5.74) is 1.85. The van der Waals surface area contributed by atoms with Crippen LogP contribution in [0.4, 0.5) is 0 Å². The van der Waals surface area contributed by atoms with Gasteiger partial charge in [-0.15, -0.1) is 0 Å². The molecule has 5 rings (SSSR count). The summed E-state index contributed by atoms with van der Waals surface area (Å²) in [5, 5.41) is 12.7. The van der Waals surface area contributed by atoms with Gasteiger partial charge in [-0.05, 0) is 36.3 Å². The number of fused-ring (bicyclic) bond motifs is 2. The van der Waals surface area contributed by atoms with Gasteiger partial charge in [0.1, 0.15) is 0 Å². The molecule has 162 valence electrons. The Bertz CT molecular complexity index is 1340. The molecule has 0 aromatic heterocycles. The number of Topliss-reactive ketones (excluding diaryl/α,β-unsaturated/α-hetero) is 3. The summed E-state index contributed by atoms with van der Waals surface area (Å²) in [7, 11) is 0. The number of ketones is 3. The molecule has 33 heavy (non-hydrogen) atoms. The first-order chi connectivity index (χ1) is 16.0. The second-order valence-corrected chi connectivity index (χ2v) is 7.98. The van der Waals surface area contributed by atoms with Crippen LogP contribution in [0.3, 0.4) is 0 Å². The van der Waals surface area contributed by atoms with Crippen LogP contribution in [0.2, 0.25) is 0 Å². The Hall–Kier alpha value is -4.32. The molecule has 1 heterocycles. The third-order valence-corrected chi connectivity index (χ3v) is 6.04. The summed E-state index contributed by atoms with van der Waals surface area (Å²) in [5.74, 6) is -1.57. The van der Waals surface area contributed by atoms with E-state index >= 15 is 0 Å². The van der Waals surface area contributed by atoms with Crippen LogP contribution >= 0.6 is 0 Å². The van der Waals surface area contributed by atoms with Crippen molar-refractivity contribution in [1.29, 1.82) is 0 Å². The van der Waals surface area contributed by atoms with E-state index in [1.807, 2.05) is 0 Å². The van der Waals surface area contributed by atoms with E-state index < -0.39 is 0 Å². The van der Waals surface area contributed by atoms with Gasteiger partial charge in [0.15, 0.2) is 17.3 Å². The highest BCUT2D eigenvalue weighted by molar-refractivity contribution is 6.39. The number of carbonyl (C=O) groups is 4. The Kier molecular flexibility index (Phi) is 4.98. The standard InChI is InChI=1S/C27H19NO5/c29-23-10-5-15-28(23)16(11-13-21-24(30)17-6-1-2-7-18(17)25(21)31)12-14-22-26(32)19-8-3-4-9-20(19)27(22)33/h1-4,6-9,11-14,30H,5,10,15H2/p-1/b13-11+,16-12-. The first kappa shape index (κ1) is 20.6. The molecular formula is C27H18NO5-. The zero-order valence-electron chi connectivity index (χ0n) is 17.5. The maximum Gasteiger partial charge on any atom is 0.227 e. The molecule has 3 aliphatic rings. The highest BCUT2D eigenvalue weighted by Gasteiger charge is 2.32. The monoisotopic (exact) mass is 436 g/mol. The minimum atomic E-state index is -0.367. The van der Waals surface area contributed by atoms with Gasteiger partial charge >= 0.3 is 0 Å². The van der Waals surface area contributed by atoms with Crippen molar-refractivity contribution >= 4 is 29.0 Å². The van der Waals surface area contributed by atoms with E-state index in [1.54, 1.807) is 48.5 Å². The molecular weight excluding hydrogens is 418 g/mol. The molecule has 1 aliphatic heterocycles. The van der Waals surface area contributed by atoms with Gasteiger partial charge in [0, 0.05) is 40.9 Å². The fourth-order valence-corrected chi connectivity index (χ4v) is 4.34. The van der Waals surface area contributed by atoms with Gasteiger partial charge in [-0.3, -0.25) is 19.2 Å². The summed E-state index contributed by atoms with van der Waals surface area (Å²) in [6, 6.07) is 13.2. The summed E-state index contributed by atoms with van der Waals surface area (Å²) in [4.78, 5) is 51.9. The zero-order chi connectivity index (χ0) is 23.1. The highest BCUT2D eigenvalue weighted by atomic mass is 16.3. The molecule has 1 amide bonds. The maximum absolute atomic E-state index is 12.7. The van der Waals surface area contributed by atoms with E-state index in [1.165, 1.54) is 29.2 Å². The maximum atomic E-state index is 12.7.